The zero-order valence-electron chi connectivity index (χ0n) is 14.9. The number of Topliss-reactive ketones (excluding diaryl/α,β-unsaturated/α-hetero) is 1. The number of ether oxygens (including phenoxy) is 2. The molecule has 1 aliphatic rings. The van der Waals surface area contributed by atoms with E-state index < -0.39 is 0 Å². The van der Waals surface area contributed by atoms with Crippen molar-refractivity contribution in [2.24, 2.45) is 0 Å². The molecule has 1 saturated heterocycles. The molecule has 5 nitrogen and oxygen atoms in total. The van der Waals surface area contributed by atoms with Crippen LogP contribution >= 0.6 is 0 Å². The van der Waals surface area contributed by atoms with Gasteiger partial charge in [0.25, 0.3) is 0 Å². The van der Waals surface area contributed by atoms with Gasteiger partial charge in [0.15, 0.2) is 0 Å². The smallest absolute Gasteiger partial charge is 0.216 e. The molecule has 1 fully saturated rings. The molecule has 1 aromatic carbocycles. The predicted octanol–water partition coefficient (Wildman–Crippen LogP) is 2.73. The number of nitrogens with zero attached hydrogens (tertiary/aromatic N) is 2. The first-order valence-electron chi connectivity index (χ1n) is 8.79. The van der Waals surface area contributed by atoms with Gasteiger partial charge in [0, 0.05) is 43.9 Å². The third kappa shape index (κ3) is 5.09. The molecule has 1 aliphatic heterocycles. The molecule has 138 valence electrons. The molecule has 26 heavy (non-hydrogen) atoms. The number of carbonyl (C=O) groups excluding carboxylic acids is 1. The van der Waals surface area contributed by atoms with E-state index in [9.17, 15) is 9.18 Å². The summed E-state index contributed by atoms with van der Waals surface area (Å²) in [5, 5.41) is 0. The number of pyridine rings is 1. The fourth-order valence-electron chi connectivity index (χ4n) is 2.90. The van der Waals surface area contributed by atoms with Crippen molar-refractivity contribution < 1.29 is 18.7 Å². The van der Waals surface area contributed by atoms with Crippen LogP contribution in [-0.2, 0) is 16.0 Å². The molecule has 3 rings (SSSR count). The van der Waals surface area contributed by atoms with E-state index in [1.54, 1.807) is 19.1 Å². The third-order valence-electron chi connectivity index (χ3n) is 4.31. The van der Waals surface area contributed by atoms with Crippen LogP contribution in [0.25, 0.3) is 11.1 Å². The summed E-state index contributed by atoms with van der Waals surface area (Å²) in [4.78, 5) is 17.6. The van der Waals surface area contributed by atoms with Gasteiger partial charge >= 0.3 is 0 Å². The average molecular weight is 358 g/mol. The standard InChI is InChI=1S/C20H23FN2O3/c1-15(24)12-16-2-4-17(5-3-16)18-14-22-20(13-19(18)21)26-11-8-23-6-9-25-10-7-23/h2-5,13-14H,6-12H2,1H3. The summed E-state index contributed by atoms with van der Waals surface area (Å²) in [5.74, 6) is 0.0116. The van der Waals surface area contributed by atoms with Crippen LogP contribution in [-0.4, -0.2) is 55.1 Å². The summed E-state index contributed by atoms with van der Waals surface area (Å²) >= 11 is 0. The van der Waals surface area contributed by atoms with E-state index in [1.165, 1.54) is 12.3 Å². The lowest BCUT2D eigenvalue weighted by atomic mass is 10.0. The molecule has 6 heteroatoms. The number of ketones is 1. The normalized spacial score (nSPS) is 15.0. The van der Waals surface area contributed by atoms with E-state index in [4.69, 9.17) is 9.47 Å². The van der Waals surface area contributed by atoms with Crippen LogP contribution in [0.2, 0.25) is 0 Å². The van der Waals surface area contributed by atoms with E-state index in [0.29, 0.717) is 18.6 Å². The van der Waals surface area contributed by atoms with E-state index in [-0.39, 0.29) is 17.5 Å². The van der Waals surface area contributed by atoms with Crippen LogP contribution in [0.4, 0.5) is 4.39 Å². The maximum Gasteiger partial charge on any atom is 0.216 e. The van der Waals surface area contributed by atoms with Gasteiger partial charge in [0.1, 0.15) is 18.2 Å². The van der Waals surface area contributed by atoms with Gasteiger partial charge < -0.3 is 9.47 Å². The molecule has 0 N–H and O–H groups in total. The van der Waals surface area contributed by atoms with Gasteiger partial charge in [-0.3, -0.25) is 9.69 Å². The largest absolute Gasteiger partial charge is 0.476 e. The van der Waals surface area contributed by atoms with Crippen LogP contribution in [0.5, 0.6) is 5.88 Å². The Morgan fingerprint density at radius 1 is 1.27 bits per heavy atom. The Morgan fingerprint density at radius 3 is 2.65 bits per heavy atom. The Hall–Kier alpha value is -2.31. The first kappa shape index (κ1) is 18.5. The Bertz CT molecular complexity index is 743. The Balaban J connectivity index is 1.59. The van der Waals surface area contributed by atoms with Gasteiger partial charge in [-0.05, 0) is 18.1 Å². The van der Waals surface area contributed by atoms with Crippen molar-refractivity contribution in [3.8, 4) is 17.0 Å². The topological polar surface area (TPSA) is 51.7 Å². The second-order valence-electron chi connectivity index (χ2n) is 6.38. The van der Waals surface area contributed by atoms with Crippen LogP contribution in [0.1, 0.15) is 12.5 Å². The van der Waals surface area contributed by atoms with Crippen molar-refractivity contribution in [2.45, 2.75) is 13.3 Å². The summed E-state index contributed by atoms with van der Waals surface area (Å²) in [6, 6.07) is 8.60. The number of benzene rings is 1. The molecule has 0 amide bonds. The molecule has 2 heterocycles. The maximum atomic E-state index is 14.4. The van der Waals surface area contributed by atoms with Crippen molar-refractivity contribution >= 4 is 5.78 Å². The number of morpholine rings is 1. The molecule has 0 unspecified atom stereocenters. The minimum atomic E-state index is -0.374. The number of aromatic nitrogens is 1. The molecular weight excluding hydrogens is 335 g/mol. The number of rotatable bonds is 7. The van der Waals surface area contributed by atoms with Gasteiger partial charge in [-0.25, -0.2) is 9.37 Å². The summed E-state index contributed by atoms with van der Waals surface area (Å²) in [7, 11) is 0. The summed E-state index contributed by atoms with van der Waals surface area (Å²) < 4.78 is 25.3. The van der Waals surface area contributed by atoms with Crippen LogP contribution in [0.3, 0.4) is 0 Å². The zero-order chi connectivity index (χ0) is 18.4. The fourth-order valence-corrected chi connectivity index (χ4v) is 2.90. The van der Waals surface area contributed by atoms with Crippen molar-refractivity contribution in [2.75, 3.05) is 39.5 Å². The SMILES string of the molecule is CC(=O)Cc1ccc(-c2cnc(OCCN3CCOCC3)cc2F)cc1. The second-order valence-corrected chi connectivity index (χ2v) is 6.38. The van der Waals surface area contributed by atoms with Crippen LogP contribution in [0, 0.1) is 5.82 Å². The summed E-state index contributed by atoms with van der Waals surface area (Å²) in [6.45, 7) is 6.06. The first-order chi connectivity index (χ1) is 12.6. The van der Waals surface area contributed by atoms with Crippen molar-refractivity contribution in [1.82, 2.24) is 9.88 Å². The fraction of sp³-hybridized carbons (Fsp3) is 0.400. The highest BCUT2D eigenvalue weighted by Gasteiger charge is 2.11. The van der Waals surface area contributed by atoms with Crippen LogP contribution in [0.15, 0.2) is 36.5 Å². The summed E-state index contributed by atoms with van der Waals surface area (Å²) in [5.41, 5.74) is 2.06. The molecule has 0 bridgehead atoms. The first-order valence-corrected chi connectivity index (χ1v) is 8.79. The average Bonchev–Trinajstić information content (AvgIpc) is 2.63. The number of hydrogen-bond donors (Lipinski definition) is 0. The Kier molecular flexibility index (Phi) is 6.30. The lowest BCUT2D eigenvalue weighted by molar-refractivity contribution is -0.116. The molecule has 0 spiro atoms. The monoisotopic (exact) mass is 358 g/mol. The van der Waals surface area contributed by atoms with Gasteiger partial charge in [-0.2, -0.15) is 0 Å². The number of hydrogen-bond acceptors (Lipinski definition) is 5. The van der Waals surface area contributed by atoms with E-state index in [1.807, 2.05) is 12.1 Å². The van der Waals surface area contributed by atoms with Gasteiger partial charge in [0.05, 0.1) is 13.2 Å². The van der Waals surface area contributed by atoms with E-state index in [2.05, 4.69) is 9.88 Å². The van der Waals surface area contributed by atoms with Crippen molar-refractivity contribution in [3.63, 3.8) is 0 Å². The Labute approximate surface area is 152 Å². The molecule has 1 aromatic heterocycles. The quantitative estimate of drug-likeness (QED) is 0.762. The highest BCUT2D eigenvalue weighted by molar-refractivity contribution is 5.78. The minimum Gasteiger partial charge on any atom is -0.476 e. The van der Waals surface area contributed by atoms with E-state index >= 15 is 0 Å². The highest BCUT2D eigenvalue weighted by atomic mass is 19.1. The van der Waals surface area contributed by atoms with Crippen molar-refractivity contribution in [3.05, 3.63) is 47.9 Å². The second kappa shape index (κ2) is 8.87. The molecule has 0 aliphatic carbocycles. The number of carbonyl (C=O) groups is 1. The molecule has 0 radical (unpaired) electrons. The van der Waals surface area contributed by atoms with Gasteiger partial charge in [-0.1, -0.05) is 24.3 Å². The van der Waals surface area contributed by atoms with E-state index in [0.717, 1.165) is 44.0 Å². The zero-order valence-corrected chi connectivity index (χ0v) is 14.9. The van der Waals surface area contributed by atoms with Gasteiger partial charge in [-0.15, -0.1) is 0 Å². The highest BCUT2D eigenvalue weighted by Crippen LogP contribution is 2.25. The lowest BCUT2D eigenvalue weighted by Gasteiger charge is -2.26. The Morgan fingerprint density at radius 2 is 2.00 bits per heavy atom. The van der Waals surface area contributed by atoms with Gasteiger partial charge in [0.2, 0.25) is 5.88 Å². The molecule has 0 saturated carbocycles. The van der Waals surface area contributed by atoms with Crippen molar-refractivity contribution in [1.29, 1.82) is 0 Å². The molecular formula is C20H23FN2O3. The predicted molar refractivity (Wildman–Crippen MR) is 96.8 cm³/mol. The third-order valence-corrected chi connectivity index (χ3v) is 4.31. The molecule has 0 atom stereocenters. The number of halogens is 1. The maximum absolute atomic E-state index is 14.4. The van der Waals surface area contributed by atoms with Crippen LogP contribution < -0.4 is 4.74 Å². The minimum absolute atomic E-state index is 0.101. The lowest BCUT2D eigenvalue weighted by Crippen LogP contribution is -2.38. The molecule has 2 aromatic rings. The summed E-state index contributed by atoms with van der Waals surface area (Å²) in [6.07, 6.45) is 1.87.